The second-order valence-corrected chi connectivity index (χ2v) is 7.77. The van der Waals surface area contributed by atoms with E-state index in [2.05, 4.69) is 11.9 Å². The van der Waals surface area contributed by atoms with Crippen molar-refractivity contribution in [1.82, 2.24) is 9.88 Å². The Labute approximate surface area is 193 Å². The van der Waals surface area contributed by atoms with E-state index in [9.17, 15) is 14.4 Å². The van der Waals surface area contributed by atoms with Crippen LogP contribution in [-0.4, -0.2) is 28.8 Å². The minimum atomic E-state index is -0.584. The SMILES string of the molecule is C=CCn1c(C)cc(C(=O)COC(=O)CC(NC(=O)c2ccccc2)c2ccccc2)c1C. The first-order chi connectivity index (χ1) is 15.9. The average molecular weight is 445 g/mol. The van der Waals surface area contributed by atoms with Crippen molar-refractivity contribution in [3.63, 3.8) is 0 Å². The van der Waals surface area contributed by atoms with Gasteiger partial charge < -0.3 is 14.6 Å². The zero-order valence-corrected chi connectivity index (χ0v) is 18.9. The molecular formula is C27H28N2O4. The maximum atomic E-state index is 12.7. The summed E-state index contributed by atoms with van der Waals surface area (Å²) < 4.78 is 7.27. The van der Waals surface area contributed by atoms with E-state index in [1.807, 2.05) is 54.8 Å². The highest BCUT2D eigenvalue weighted by Gasteiger charge is 2.22. The molecule has 1 aromatic heterocycles. The minimum Gasteiger partial charge on any atom is -0.457 e. The molecule has 6 heteroatoms. The number of allylic oxidation sites excluding steroid dienone is 1. The van der Waals surface area contributed by atoms with Crippen molar-refractivity contribution in [3.8, 4) is 0 Å². The van der Waals surface area contributed by atoms with Crippen LogP contribution >= 0.6 is 0 Å². The molecule has 0 aliphatic carbocycles. The largest absolute Gasteiger partial charge is 0.457 e. The first-order valence-corrected chi connectivity index (χ1v) is 10.8. The molecule has 0 saturated heterocycles. The molecule has 170 valence electrons. The molecule has 1 N–H and O–H groups in total. The van der Waals surface area contributed by atoms with Crippen LogP contribution in [0.4, 0.5) is 0 Å². The lowest BCUT2D eigenvalue weighted by Crippen LogP contribution is -2.31. The molecule has 1 atom stereocenters. The number of amides is 1. The number of rotatable bonds is 10. The lowest BCUT2D eigenvalue weighted by molar-refractivity contribution is -0.143. The van der Waals surface area contributed by atoms with Gasteiger partial charge in [-0.2, -0.15) is 0 Å². The van der Waals surface area contributed by atoms with Gasteiger partial charge in [-0.15, -0.1) is 6.58 Å². The van der Waals surface area contributed by atoms with Gasteiger partial charge in [-0.05, 0) is 37.6 Å². The first-order valence-electron chi connectivity index (χ1n) is 10.8. The Hall–Kier alpha value is -3.93. The highest BCUT2D eigenvalue weighted by atomic mass is 16.5. The predicted molar refractivity (Wildman–Crippen MR) is 127 cm³/mol. The Balaban J connectivity index is 1.66. The number of hydrogen-bond acceptors (Lipinski definition) is 4. The number of hydrogen-bond donors (Lipinski definition) is 1. The van der Waals surface area contributed by atoms with Gasteiger partial charge in [0.2, 0.25) is 5.78 Å². The van der Waals surface area contributed by atoms with Crippen LogP contribution in [0.5, 0.6) is 0 Å². The number of carbonyl (C=O) groups is 3. The van der Waals surface area contributed by atoms with E-state index in [0.717, 1.165) is 17.0 Å². The summed E-state index contributed by atoms with van der Waals surface area (Å²) in [5, 5.41) is 2.90. The standard InChI is InChI=1S/C27H28N2O4/c1-4-15-29-19(2)16-23(20(29)3)25(30)18-33-26(31)17-24(21-11-7-5-8-12-21)28-27(32)22-13-9-6-10-14-22/h4-14,16,24H,1,15,17-18H2,2-3H3,(H,28,32). The van der Waals surface area contributed by atoms with Crippen molar-refractivity contribution in [1.29, 1.82) is 0 Å². The number of nitrogens with one attached hydrogen (secondary N) is 1. The molecule has 1 amide bonds. The van der Waals surface area contributed by atoms with Crippen LogP contribution in [0.25, 0.3) is 0 Å². The molecular weight excluding hydrogens is 416 g/mol. The van der Waals surface area contributed by atoms with Gasteiger partial charge in [0.25, 0.3) is 5.91 Å². The van der Waals surface area contributed by atoms with Crippen molar-refractivity contribution in [3.05, 3.63) is 107 Å². The monoisotopic (exact) mass is 444 g/mol. The number of ketones is 1. The van der Waals surface area contributed by atoms with Crippen LogP contribution in [0.2, 0.25) is 0 Å². The molecule has 0 spiro atoms. The van der Waals surface area contributed by atoms with Gasteiger partial charge in [0.05, 0.1) is 12.5 Å². The molecule has 0 bridgehead atoms. The zero-order valence-electron chi connectivity index (χ0n) is 18.9. The number of esters is 1. The van der Waals surface area contributed by atoms with Crippen LogP contribution < -0.4 is 5.32 Å². The topological polar surface area (TPSA) is 77.4 Å². The van der Waals surface area contributed by atoms with Crippen molar-refractivity contribution in [2.24, 2.45) is 0 Å². The van der Waals surface area contributed by atoms with Crippen LogP contribution in [-0.2, 0) is 16.1 Å². The molecule has 0 aliphatic heterocycles. The van der Waals surface area contributed by atoms with Gasteiger partial charge in [0.15, 0.2) is 6.61 Å². The van der Waals surface area contributed by atoms with Crippen molar-refractivity contribution in [2.75, 3.05) is 6.61 Å². The molecule has 1 heterocycles. The number of benzene rings is 2. The second kappa shape index (κ2) is 11.1. The van der Waals surface area contributed by atoms with Crippen molar-refractivity contribution >= 4 is 17.7 Å². The Morgan fingerprint density at radius 2 is 1.67 bits per heavy atom. The third-order valence-electron chi connectivity index (χ3n) is 5.46. The van der Waals surface area contributed by atoms with Gasteiger partial charge in [-0.3, -0.25) is 14.4 Å². The molecule has 2 aromatic carbocycles. The van der Waals surface area contributed by atoms with E-state index in [0.29, 0.717) is 17.7 Å². The first kappa shape index (κ1) is 23.7. The number of aryl methyl sites for hydroxylation is 1. The van der Waals surface area contributed by atoms with E-state index in [1.165, 1.54) is 0 Å². The summed E-state index contributed by atoms with van der Waals surface area (Å²) in [6.45, 7) is 7.76. The lowest BCUT2D eigenvalue weighted by Gasteiger charge is -2.18. The minimum absolute atomic E-state index is 0.0919. The Morgan fingerprint density at radius 1 is 1.03 bits per heavy atom. The number of Topliss-reactive ketones (excluding diaryl/α,β-unsaturated/α-hetero) is 1. The fraction of sp³-hybridized carbons (Fsp3) is 0.222. The second-order valence-electron chi connectivity index (χ2n) is 7.77. The van der Waals surface area contributed by atoms with Gasteiger partial charge >= 0.3 is 5.97 Å². The van der Waals surface area contributed by atoms with Crippen LogP contribution in [0.15, 0.2) is 79.4 Å². The molecule has 6 nitrogen and oxygen atoms in total. The molecule has 3 aromatic rings. The summed E-state index contributed by atoms with van der Waals surface area (Å²) in [6, 6.07) is 19.2. The quantitative estimate of drug-likeness (QED) is 0.282. The summed E-state index contributed by atoms with van der Waals surface area (Å²) in [4.78, 5) is 37.9. The fourth-order valence-corrected chi connectivity index (χ4v) is 3.71. The molecule has 33 heavy (non-hydrogen) atoms. The molecule has 3 rings (SSSR count). The maximum absolute atomic E-state index is 12.7. The van der Waals surface area contributed by atoms with E-state index >= 15 is 0 Å². The summed E-state index contributed by atoms with van der Waals surface area (Å²) in [5.74, 6) is -1.12. The Kier molecular flexibility index (Phi) is 7.97. The van der Waals surface area contributed by atoms with E-state index in [1.54, 1.807) is 36.4 Å². The highest BCUT2D eigenvalue weighted by molar-refractivity contribution is 5.99. The number of ether oxygens (including phenoxy) is 1. The Bertz CT molecular complexity index is 1130. The van der Waals surface area contributed by atoms with Crippen LogP contribution in [0.3, 0.4) is 0 Å². The van der Waals surface area contributed by atoms with E-state index in [4.69, 9.17) is 4.74 Å². The summed E-state index contributed by atoms with van der Waals surface area (Å²) in [5.41, 5.74) is 3.55. The van der Waals surface area contributed by atoms with Gasteiger partial charge in [0.1, 0.15) is 0 Å². The average Bonchev–Trinajstić information content (AvgIpc) is 3.12. The fourth-order valence-electron chi connectivity index (χ4n) is 3.71. The molecule has 0 fully saturated rings. The number of aromatic nitrogens is 1. The molecule has 0 radical (unpaired) electrons. The van der Waals surface area contributed by atoms with Crippen molar-refractivity contribution in [2.45, 2.75) is 32.9 Å². The van der Waals surface area contributed by atoms with Crippen molar-refractivity contribution < 1.29 is 19.1 Å². The Morgan fingerprint density at radius 3 is 2.30 bits per heavy atom. The molecule has 0 saturated carbocycles. The number of carbonyl (C=O) groups excluding carboxylic acids is 3. The summed E-state index contributed by atoms with van der Waals surface area (Å²) in [7, 11) is 0. The van der Waals surface area contributed by atoms with Gasteiger partial charge in [-0.25, -0.2) is 0 Å². The zero-order chi connectivity index (χ0) is 23.8. The summed E-state index contributed by atoms with van der Waals surface area (Å²) in [6.07, 6.45) is 1.67. The molecule has 0 aliphatic rings. The third-order valence-corrected chi connectivity index (χ3v) is 5.46. The number of nitrogens with zero attached hydrogens (tertiary/aromatic N) is 1. The van der Waals surface area contributed by atoms with E-state index < -0.39 is 12.0 Å². The highest BCUT2D eigenvalue weighted by Crippen LogP contribution is 2.19. The predicted octanol–water partition coefficient (Wildman–Crippen LogP) is 4.58. The van der Waals surface area contributed by atoms with Crippen LogP contribution in [0, 0.1) is 13.8 Å². The van der Waals surface area contributed by atoms with E-state index in [-0.39, 0.29) is 24.7 Å². The normalized spacial score (nSPS) is 11.5. The summed E-state index contributed by atoms with van der Waals surface area (Å²) >= 11 is 0. The van der Waals surface area contributed by atoms with Gasteiger partial charge in [-0.1, -0.05) is 54.6 Å². The molecule has 1 unspecified atom stereocenters. The smallest absolute Gasteiger partial charge is 0.308 e. The van der Waals surface area contributed by atoms with Gasteiger partial charge in [0, 0.05) is 29.1 Å². The lowest BCUT2D eigenvalue weighted by atomic mass is 10.0. The van der Waals surface area contributed by atoms with Crippen LogP contribution in [0.1, 0.15) is 50.1 Å². The third kappa shape index (κ3) is 6.07. The maximum Gasteiger partial charge on any atom is 0.308 e.